The summed E-state index contributed by atoms with van der Waals surface area (Å²) in [6.07, 6.45) is 1.63. The third kappa shape index (κ3) is 2.57. The summed E-state index contributed by atoms with van der Waals surface area (Å²) in [5, 5.41) is 1.36. The Balaban J connectivity index is 2.99. The van der Waals surface area contributed by atoms with Gasteiger partial charge in [-0.3, -0.25) is 0 Å². The number of hydrogen-bond acceptors (Lipinski definition) is 3. The van der Waals surface area contributed by atoms with Gasteiger partial charge in [0.15, 0.2) is 0 Å². The molecule has 0 aliphatic rings. The molecule has 3 nitrogen and oxygen atoms in total. The summed E-state index contributed by atoms with van der Waals surface area (Å²) >= 11 is 0. The highest BCUT2D eigenvalue weighted by Gasteiger charge is 2.08. The van der Waals surface area contributed by atoms with E-state index in [1.54, 1.807) is 6.08 Å². The van der Waals surface area contributed by atoms with Crippen LogP contribution in [0.1, 0.15) is 5.56 Å². The van der Waals surface area contributed by atoms with Gasteiger partial charge in [0.2, 0.25) is 0 Å². The Hall–Kier alpha value is -1.81. The first-order valence-corrected chi connectivity index (χ1v) is 4.43. The molecule has 0 saturated heterocycles. The van der Waals surface area contributed by atoms with Gasteiger partial charge in [-0.1, -0.05) is 12.7 Å². The minimum Gasteiger partial charge on any atom is -0.398 e. The predicted molar refractivity (Wildman–Crippen MR) is 60.9 cm³/mol. The fourth-order valence-electron chi connectivity index (χ4n) is 1.18. The number of nitrogens with zero attached hydrogens (tertiary/aromatic N) is 1. The maximum Gasteiger partial charge on any atom is 0.124 e. The van der Waals surface area contributed by atoms with Gasteiger partial charge in [-0.05, 0) is 18.2 Å². The first-order valence-electron chi connectivity index (χ1n) is 4.43. The quantitative estimate of drug-likeness (QED) is 0.342. The Morgan fingerprint density at radius 2 is 2.20 bits per heavy atom. The SMILES string of the molecule is C=CCN(N)C(=C)c1cc(F)ccc1N. The van der Waals surface area contributed by atoms with Gasteiger partial charge in [0.05, 0.1) is 12.2 Å². The van der Waals surface area contributed by atoms with E-state index in [0.717, 1.165) is 0 Å². The van der Waals surface area contributed by atoms with Crippen LogP contribution in [-0.2, 0) is 0 Å². The van der Waals surface area contributed by atoms with Gasteiger partial charge in [0, 0.05) is 11.3 Å². The van der Waals surface area contributed by atoms with E-state index >= 15 is 0 Å². The Kier molecular flexibility index (Phi) is 3.46. The van der Waals surface area contributed by atoms with E-state index in [1.807, 2.05) is 0 Å². The number of halogens is 1. The van der Waals surface area contributed by atoms with Gasteiger partial charge in [-0.15, -0.1) is 6.58 Å². The predicted octanol–water partition coefficient (Wildman–Crippen LogP) is 1.74. The number of nitrogen functional groups attached to an aromatic ring is 1. The number of hydrogen-bond donors (Lipinski definition) is 2. The van der Waals surface area contributed by atoms with Crippen LogP contribution in [-0.4, -0.2) is 11.6 Å². The van der Waals surface area contributed by atoms with Crippen LogP contribution in [0.25, 0.3) is 5.70 Å². The zero-order chi connectivity index (χ0) is 11.4. The summed E-state index contributed by atoms with van der Waals surface area (Å²) in [5.41, 5.74) is 7.10. The second-order valence-electron chi connectivity index (χ2n) is 3.12. The summed E-state index contributed by atoms with van der Waals surface area (Å²) in [7, 11) is 0. The molecule has 0 heterocycles. The smallest absolute Gasteiger partial charge is 0.124 e. The van der Waals surface area contributed by atoms with Crippen molar-refractivity contribution in [2.75, 3.05) is 12.3 Å². The van der Waals surface area contributed by atoms with E-state index in [4.69, 9.17) is 11.6 Å². The van der Waals surface area contributed by atoms with E-state index in [1.165, 1.54) is 23.2 Å². The van der Waals surface area contributed by atoms with Crippen molar-refractivity contribution in [3.8, 4) is 0 Å². The molecule has 0 fully saturated rings. The van der Waals surface area contributed by atoms with E-state index in [2.05, 4.69) is 13.2 Å². The van der Waals surface area contributed by atoms with Crippen molar-refractivity contribution in [2.45, 2.75) is 0 Å². The maximum absolute atomic E-state index is 13.0. The summed E-state index contributed by atoms with van der Waals surface area (Å²) in [6.45, 7) is 7.73. The van der Waals surface area contributed by atoms with Crippen LogP contribution in [0.3, 0.4) is 0 Å². The third-order valence-corrected chi connectivity index (χ3v) is 2.00. The monoisotopic (exact) mass is 207 g/mol. The van der Waals surface area contributed by atoms with Crippen molar-refractivity contribution in [1.29, 1.82) is 0 Å². The van der Waals surface area contributed by atoms with E-state index in [-0.39, 0.29) is 5.82 Å². The van der Waals surface area contributed by atoms with Crippen LogP contribution in [0.15, 0.2) is 37.4 Å². The molecule has 80 valence electrons. The molecule has 0 unspecified atom stereocenters. The van der Waals surface area contributed by atoms with E-state index in [9.17, 15) is 4.39 Å². The first-order chi connectivity index (χ1) is 7.06. The second-order valence-corrected chi connectivity index (χ2v) is 3.12. The first kappa shape index (κ1) is 11.3. The van der Waals surface area contributed by atoms with Crippen LogP contribution in [0, 0.1) is 5.82 Å². The van der Waals surface area contributed by atoms with Crippen molar-refractivity contribution in [2.24, 2.45) is 5.84 Å². The molecule has 0 saturated carbocycles. The molecule has 0 spiro atoms. The minimum atomic E-state index is -0.368. The number of anilines is 1. The average Bonchev–Trinajstić information content (AvgIpc) is 2.21. The van der Waals surface area contributed by atoms with Crippen molar-refractivity contribution < 1.29 is 4.39 Å². The van der Waals surface area contributed by atoms with Gasteiger partial charge in [0.25, 0.3) is 0 Å². The molecule has 4 N–H and O–H groups in total. The molecule has 0 radical (unpaired) electrons. The van der Waals surface area contributed by atoms with Crippen LogP contribution in [0.5, 0.6) is 0 Å². The van der Waals surface area contributed by atoms with Gasteiger partial charge in [-0.2, -0.15) is 0 Å². The molecule has 0 aliphatic carbocycles. The summed E-state index contributed by atoms with van der Waals surface area (Å²) in [4.78, 5) is 0. The molecule has 0 aromatic heterocycles. The zero-order valence-electron chi connectivity index (χ0n) is 8.41. The van der Waals surface area contributed by atoms with E-state index in [0.29, 0.717) is 23.5 Å². The third-order valence-electron chi connectivity index (χ3n) is 2.00. The summed E-state index contributed by atoms with van der Waals surface area (Å²) < 4.78 is 13.0. The molecule has 1 aromatic rings. The van der Waals surface area contributed by atoms with Gasteiger partial charge in [-0.25, -0.2) is 10.2 Å². The van der Waals surface area contributed by atoms with Gasteiger partial charge in [0.1, 0.15) is 5.82 Å². The molecule has 1 rings (SSSR count). The van der Waals surface area contributed by atoms with E-state index < -0.39 is 0 Å². The topological polar surface area (TPSA) is 55.3 Å². The molecule has 4 heteroatoms. The lowest BCUT2D eigenvalue weighted by Crippen LogP contribution is -2.29. The molecular formula is C11H14FN3. The average molecular weight is 207 g/mol. The fraction of sp³-hybridized carbons (Fsp3) is 0.0909. The molecule has 0 amide bonds. The largest absolute Gasteiger partial charge is 0.398 e. The highest BCUT2D eigenvalue weighted by Crippen LogP contribution is 2.22. The second kappa shape index (κ2) is 4.61. The molecular weight excluding hydrogens is 193 g/mol. The van der Waals surface area contributed by atoms with Crippen molar-refractivity contribution in [3.63, 3.8) is 0 Å². The van der Waals surface area contributed by atoms with Crippen molar-refractivity contribution >= 4 is 11.4 Å². The normalized spacial score (nSPS) is 9.73. The standard InChI is InChI=1S/C11H14FN3/c1-3-6-15(14)8(2)10-7-9(12)4-5-11(10)13/h3-5,7H,1-2,6,13-14H2. The van der Waals surface area contributed by atoms with Crippen LogP contribution < -0.4 is 11.6 Å². The van der Waals surface area contributed by atoms with Crippen LogP contribution >= 0.6 is 0 Å². The van der Waals surface area contributed by atoms with Crippen LogP contribution in [0.2, 0.25) is 0 Å². The summed E-state index contributed by atoms with van der Waals surface area (Å²) in [6, 6.07) is 4.08. The number of benzene rings is 1. The van der Waals surface area contributed by atoms with Crippen molar-refractivity contribution in [3.05, 3.63) is 48.8 Å². The Bertz CT molecular complexity index is 387. The maximum atomic E-state index is 13.0. The van der Waals surface area contributed by atoms with Gasteiger partial charge < -0.3 is 10.7 Å². The number of nitrogens with two attached hydrogens (primary N) is 2. The fourth-order valence-corrected chi connectivity index (χ4v) is 1.18. The molecule has 0 aliphatic heterocycles. The summed E-state index contributed by atoms with van der Waals surface area (Å²) in [5.74, 6) is 5.30. The highest BCUT2D eigenvalue weighted by molar-refractivity contribution is 5.72. The Morgan fingerprint density at radius 3 is 2.80 bits per heavy atom. The van der Waals surface area contributed by atoms with Crippen molar-refractivity contribution in [1.82, 2.24) is 5.01 Å². The van der Waals surface area contributed by atoms with Gasteiger partial charge >= 0.3 is 0 Å². The number of hydrazine groups is 1. The lowest BCUT2D eigenvalue weighted by atomic mass is 10.1. The van der Waals surface area contributed by atoms with Crippen LogP contribution in [0.4, 0.5) is 10.1 Å². The molecule has 0 bridgehead atoms. The Labute approximate surface area is 88.5 Å². The molecule has 1 aromatic carbocycles. The minimum absolute atomic E-state index is 0.368. The zero-order valence-corrected chi connectivity index (χ0v) is 8.41. The molecule has 0 atom stereocenters. The lowest BCUT2D eigenvalue weighted by molar-refractivity contribution is 0.464. The lowest BCUT2D eigenvalue weighted by Gasteiger charge is -2.20. The number of rotatable bonds is 4. The molecule has 15 heavy (non-hydrogen) atoms. The Morgan fingerprint density at radius 1 is 1.53 bits per heavy atom. The highest BCUT2D eigenvalue weighted by atomic mass is 19.1.